The first-order valence-electron chi connectivity index (χ1n) is 9.73. The van der Waals surface area contributed by atoms with Crippen molar-refractivity contribution in [3.63, 3.8) is 0 Å². The minimum atomic E-state index is 0. The van der Waals surface area contributed by atoms with Gasteiger partial charge < -0.3 is 10.2 Å². The highest BCUT2D eigenvalue weighted by molar-refractivity contribution is 6.30. The average Bonchev–Trinajstić information content (AvgIpc) is 2.95. The van der Waals surface area contributed by atoms with E-state index in [1.807, 2.05) is 54.7 Å². The van der Waals surface area contributed by atoms with Gasteiger partial charge >= 0.3 is 0 Å². The van der Waals surface area contributed by atoms with Crippen LogP contribution >= 0.6 is 24.0 Å². The van der Waals surface area contributed by atoms with E-state index in [4.69, 9.17) is 11.6 Å². The van der Waals surface area contributed by atoms with E-state index in [9.17, 15) is 4.79 Å². The molecule has 2 heterocycles. The second-order valence-corrected chi connectivity index (χ2v) is 7.87. The van der Waals surface area contributed by atoms with Crippen LogP contribution in [-0.2, 0) is 11.2 Å². The molecule has 1 amide bonds. The number of nitrogens with zero attached hydrogens (tertiary/aromatic N) is 3. The van der Waals surface area contributed by atoms with Gasteiger partial charge in [0.25, 0.3) is 0 Å². The molecule has 0 bridgehead atoms. The minimum absolute atomic E-state index is 0. The second kappa shape index (κ2) is 10.3. The van der Waals surface area contributed by atoms with Crippen LogP contribution in [0.25, 0.3) is 5.69 Å². The second-order valence-electron chi connectivity index (χ2n) is 7.43. The highest BCUT2D eigenvalue weighted by atomic mass is 35.5. The lowest BCUT2D eigenvalue weighted by atomic mass is 9.93. The van der Waals surface area contributed by atoms with E-state index in [1.54, 1.807) is 0 Å². The standard InChI is InChI=1S/C21H29ClN4O.ClH/c1-15-20(16(2)26(24-15)19-6-4-18(22)5-7-19)14-21(27)25-12-9-17(10-13-25)8-11-23-3;/h4-7,17,23H,8-14H2,1-3H3;1H. The molecule has 2 aromatic rings. The number of hydrogen-bond acceptors (Lipinski definition) is 3. The molecule has 1 aliphatic heterocycles. The highest BCUT2D eigenvalue weighted by Crippen LogP contribution is 2.23. The van der Waals surface area contributed by atoms with E-state index in [2.05, 4.69) is 10.4 Å². The molecule has 1 saturated heterocycles. The quantitative estimate of drug-likeness (QED) is 0.763. The lowest BCUT2D eigenvalue weighted by molar-refractivity contribution is -0.131. The minimum Gasteiger partial charge on any atom is -0.342 e. The summed E-state index contributed by atoms with van der Waals surface area (Å²) in [5, 5.41) is 8.57. The van der Waals surface area contributed by atoms with Gasteiger partial charge in [-0.2, -0.15) is 5.10 Å². The lowest BCUT2D eigenvalue weighted by Gasteiger charge is -2.32. The van der Waals surface area contributed by atoms with Crippen LogP contribution in [0.5, 0.6) is 0 Å². The average molecular weight is 425 g/mol. The van der Waals surface area contributed by atoms with Crippen LogP contribution in [0.2, 0.25) is 5.02 Å². The Kier molecular flexibility index (Phi) is 8.35. The number of hydrogen-bond donors (Lipinski definition) is 1. The van der Waals surface area contributed by atoms with Crippen molar-refractivity contribution in [2.75, 3.05) is 26.7 Å². The Morgan fingerprint density at radius 3 is 2.46 bits per heavy atom. The first-order chi connectivity index (χ1) is 13.0. The van der Waals surface area contributed by atoms with Crippen molar-refractivity contribution in [3.8, 4) is 5.69 Å². The van der Waals surface area contributed by atoms with E-state index >= 15 is 0 Å². The number of carbonyl (C=O) groups excluding carboxylic acids is 1. The van der Waals surface area contributed by atoms with Crippen molar-refractivity contribution >= 4 is 29.9 Å². The zero-order valence-corrected chi connectivity index (χ0v) is 18.4. The molecule has 0 aliphatic carbocycles. The Morgan fingerprint density at radius 1 is 1.21 bits per heavy atom. The molecular formula is C21H30Cl2N4O. The third-order valence-corrected chi connectivity index (χ3v) is 5.86. The predicted octanol–water partition coefficient (Wildman–Crippen LogP) is 3.95. The maximum Gasteiger partial charge on any atom is 0.227 e. The number of likely N-dealkylation sites (tertiary alicyclic amines) is 1. The van der Waals surface area contributed by atoms with Crippen molar-refractivity contribution in [1.29, 1.82) is 0 Å². The van der Waals surface area contributed by atoms with Crippen molar-refractivity contribution < 1.29 is 4.79 Å². The molecule has 0 saturated carbocycles. The first-order valence-corrected chi connectivity index (χ1v) is 10.1. The smallest absolute Gasteiger partial charge is 0.227 e. The van der Waals surface area contributed by atoms with E-state index < -0.39 is 0 Å². The van der Waals surface area contributed by atoms with Crippen LogP contribution in [0.4, 0.5) is 0 Å². The number of halogens is 2. The summed E-state index contributed by atoms with van der Waals surface area (Å²) in [7, 11) is 1.99. The Balaban J connectivity index is 0.00000280. The van der Waals surface area contributed by atoms with E-state index in [1.165, 1.54) is 6.42 Å². The molecule has 1 aromatic heterocycles. The molecule has 1 aromatic carbocycles. The summed E-state index contributed by atoms with van der Waals surface area (Å²) in [6.45, 7) is 6.81. The Bertz CT molecular complexity index is 780. The highest BCUT2D eigenvalue weighted by Gasteiger charge is 2.24. The van der Waals surface area contributed by atoms with Gasteiger partial charge in [-0.25, -0.2) is 4.68 Å². The molecule has 1 fully saturated rings. The van der Waals surface area contributed by atoms with Gasteiger partial charge in [0.1, 0.15) is 0 Å². The van der Waals surface area contributed by atoms with Gasteiger partial charge in [0.2, 0.25) is 5.91 Å². The number of piperidine rings is 1. The van der Waals surface area contributed by atoms with Gasteiger partial charge in [0.15, 0.2) is 0 Å². The molecule has 28 heavy (non-hydrogen) atoms. The number of aromatic nitrogens is 2. The molecule has 0 spiro atoms. The number of rotatable bonds is 6. The fraction of sp³-hybridized carbons (Fsp3) is 0.524. The maximum absolute atomic E-state index is 12.8. The number of amides is 1. The zero-order valence-electron chi connectivity index (χ0n) is 16.9. The summed E-state index contributed by atoms with van der Waals surface area (Å²) < 4.78 is 1.90. The normalized spacial score (nSPS) is 14.8. The number of nitrogens with one attached hydrogen (secondary N) is 1. The van der Waals surface area contributed by atoms with Crippen LogP contribution in [-0.4, -0.2) is 47.3 Å². The number of aryl methyl sites for hydroxylation is 1. The lowest BCUT2D eigenvalue weighted by Crippen LogP contribution is -2.39. The molecule has 0 radical (unpaired) electrons. The summed E-state index contributed by atoms with van der Waals surface area (Å²) in [6, 6.07) is 7.61. The number of benzene rings is 1. The van der Waals surface area contributed by atoms with Crippen LogP contribution in [0.3, 0.4) is 0 Å². The van der Waals surface area contributed by atoms with Crippen molar-refractivity contribution in [3.05, 3.63) is 46.2 Å². The Hall–Kier alpha value is -1.56. The van der Waals surface area contributed by atoms with Crippen LogP contribution in [0.1, 0.15) is 36.2 Å². The summed E-state index contributed by atoms with van der Waals surface area (Å²) in [4.78, 5) is 14.9. The molecule has 1 aliphatic rings. The third kappa shape index (κ3) is 5.28. The van der Waals surface area contributed by atoms with Crippen LogP contribution in [0.15, 0.2) is 24.3 Å². The summed E-state index contributed by atoms with van der Waals surface area (Å²) in [5.41, 5.74) is 3.93. The fourth-order valence-electron chi connectivity index (χ4n) is 3.85. The van der Waals surface area contributed by atoms with E-state index in [-0.39, 0.29) is 18.3 Å². The first kappa shape index (κ1) is 22.7. The summed E-state index contributed by atoms with van der Waals surface area (Å²) in [6.07, 6.45) is 3.84. The third-order valence-electron chi connectivity index (χ3n) is 5.61. The van der Waals surface area contributed by atoms with Crippen LogP contribution < -0.4 is 5.32 Å². The topological polar surface area (TPSA) is 50.2 Å². The molecule has 1 N–H and O–H groups in total. The van der Waals surface area contributed by atoms with Crippen LogP contribution in [0, 0.1) is 19.8 Å². The zero-order chi connectivity index (χ0) is 19.4. The van der Waals surface area contributed by atoms with E-state index in [0.29, 0.717) is 11.4 Å². The molecule has 3 rings (SSSR count). The largest absolute Gasteiger partial charge is 0.342 e. The van der Waals surface area contributed by atoms with Gasteiger partial charge in [0.05, 0.1) is 17.8 Å². The SMILES string of the molecule is CNCCC1CCN(C(=O)Cc2c(C)nn(-c3ccc(Cl)cc3)c2C)CC1.Cl. The summed E-state index contributed by atoms with van der Waals surface area (Å²) >= 11 is 5.99. The maximum atomic E-state index is 12.8. The Labute approximate surface area is 178 Å². The molecular weight excluding hydrogens is 395 g/mol. The van der Waals surface area contributed by atoms with Crippen molar-refractivity contribution in [2.45, 2.75) is 39.5 Å². The molecule has 7 heteroatoms. The number of carbonyl (C=O) groups is 1. The van der Waals surface area contributed by atoms with E-state index in [0.717, 1.165) is 61.0 Å². The summed E-state index contributed by atoms with van der Waals surface area (Å²) in [5.74, 6) is 0.946. The monoisotopic (exact) mass is 424 g/mol. The molecule has 0 unspecified atom stereocenters. The fourth-order valence-corrected chi connectivity index (χ4v) is 3.97. The molecule has 0 atom stereocenters. The van der Waals surface area contributed by atoms with Gasteiger partial charge in [-0.15, -0.1) is 12.4 Å². The van der Waals surface area contributed by atoms with Crippen molar-refractivity contribution in [1.82, 2.24) is 20.0 Å². The van der Waals surface area contributed by atoms with Gasteiger partial charge in [0, 0.05) is 29.4 Å². The van der Waals surface area contributed by atoms with Gasteiger partial charge in [-0.05, 0) is 76.9 Å². The molecule has 154 valence electrons. The predicted molar refractivity (Wildman–Crippen MR) is 117 cm³/mol. The van der Waals surface area contributed by atoms with Crippen molar-refractivity contribution in [2.24, 2.45) is 5.92 Å². The Morgan fingerprint density at radius 2 is 1.86 bits per heavy atom. The van der Waals surface area contributed by atoms with Gasteiger partial charge in [-0.3, -0.25) is 4.79 Å². The molecule has 5 nitrogen and oxygen atoms in total. The van der Waals surface area contributed by atoms with Gasteiger partial charge in [-0.1, -0.05) is 11.6 Å².